The van der Waals surface area contributed by atoms with Gasteiger partial charge in [-0.2, -0.15) is 0 Å². The lowest BCUT2D eigenvalue weighted by molar-refractivity contribution is 0.0872. The van der Waals surface area contributed by atoms with Crippen molar-refractivity contribution in [2.45, 2.75) is 33.5 Å². The van der Waals surface area contributed by atoms with Gasteiger partial charge in [0.15, 0.2) is 5.76 Å². The molecule has 182 valence electrons. The second-order valence-corrected chi connectivity index (χ2v) is 9.31. The SMILES string of the molecule is CCn1cc(/C=C2\Oc3c4c(cc(C)c3C2=O)OCN(Cc2ccccc2)C4)c2cc(OC)ccc21. The molecule has 0 N–H and O–H groups in total. The quantitative estimate of drug-likeness (QED) is 0.331. The van der Waals surface area contributed by atoms with E-state index in [0.717, 1.165) is 52.2 Å². The Bertz CT molecular complexity index is 1520. The minimum Gasteiger partial charge on any atom is -0.497 e. The van der Waals surface area contributed by atoms with Crippen LogP contribution >= 0.6 is 0 Å². The number of Topliss-reactive ketones (excluding diaryl/α,β-unsaturated/α-hetero) is 1. The van der Waals surface area contributed by atoms with Crippen LogP contribution < -0.4 is 14.2 Å². The molecule has 0 unspecified atom stereocenters. The van der Waals surface area contributed by atoms with Gasteiger partial charge in [-0.3, -0.25) is 9.69 Å². The molecule has 6 nitrogen and oxygen atoms in total. The summed E-state index contributed by atoms with van der Waals surface area (Å²) in [4.78, 5) is 15.7. The van der Waals surface area contributed by atoms with Crippen LogP contribution in [0.2, 0.25) is 0 Å². The molecule has 0 amide bonds. The van der Waals surface area contributed by atoms with Crippen molar-refractivity contribution < 1.29 is 19.0 Å². The number of fused-ring (bicyclic) bond motifs is 4. The molecule has 0 bridgehead atoms. The molecule has 2 aliphatic heterocycles. The number of carbonyl (C=O) groups excluding carboxylic acids is 1. The largest absolute Gasteiger partial charge is 0.497 e. The Hall–Kier alpha value is -4.03. The van der Waals surface area contributed by atoms with Crippen molar-refractivity contribution in [1.29, 1.82) is 0 Å². The fourth-order valence-corrected chi connectivity index (χ4v) is 5.17. The smallest absolute Gasteiger partial charge is 0.232 e. The number of methoxy groups -OCH3 is 1. The van der Waals surface area contributed by atoms with Crippen molar-refractivity contribution in [1.82, 2.24) is 9.47 Å². The van der Waals surface area contributed by atoms with Gasteiger partial charge in [-0.05, 0) is 55.3 Å². The van der Waals surface area contributed by atoms with E-state index in [1.54, 1.807) is 7.11 Å². The summed E-state index contributed by atoms with van der Waals surface area (Å²) in [6.45, 7) is 6.77. The maximum atomic E-state index is 13.5. The number of nitrogens with zero attached hydrogens (tertiary/aromatic N) is 2. The van der Waals surface area contributed by atoms with Crippen LogP contribution in [-0.4, -0.2) is 29.1 Å². The molecule has 3 aromatic carbocycles. The third-order valence-corrected chi connectivity index (χ3v) is 6.98. The average Bonchev–Trinajstić information content (AvgIpc) is 3.42. The van der Waals surface area contributed by atoms with Gasteiger partial charge in [0.05, 0.1) is 18.2 Å². The predicted molar refractivity (Wildman–Crippen MR) is 139 cm³/mol. The third-order valence-electron chi connectivity index (χ3n) is 6.98. The van der Waals surface area contributed by atoms with E-state index < -0.39 is 0 Å². The molecule has 0 saturated carbocycles. The van der Waals surface area contributed by atoms with E-state index in [1.807, 2.05) is 55.5 Å². The summed E-state index contributed by atoms with van der Waals surface area (Å²) < 4.78 is 20.0. The highest BCUT2D eigenvalue weighted by Gasteiger charge is 2.35. The van der Waals surface area contributed by atoms with Gasteiger partial charge in [0.1, 0.15) is 24.0 Å². The van der Waals surface area contributed by atoms with Gasteiger partial charge in [-0.25, -0.2) is 0 Å². The topological polar surface area (TPSA) is 52.9 Å². The van der Waals surface area contributed by atoms with Crippen LogP contribution in [0.15, 0.2) is 66.6 Å². The van der Waals surface area contributed by atoms with Crippen molar-refractivity contribution in [2.24, 2.45) is 0 Å². The van der Waals surface area contributed by atoms with E-state index in [0.29, 0.717) is 30.3 Å². The molecule has 3 heterocycles. The zero-order chi connectivity index (χ0) is 24.8. The van der Waals surface area contributed by atoms with Gasteiger partial charge in [0.2, 0.25) is 5.78 Å². The van der Waals surface area contributed by atoms with Crippen LogP contribution in [-0.2, 0) is 19.6 Å². The summed E-state index contributed by atoms with van der Waals surface area (Å²) >= 11 is 0. The van der Waals surface area contributed by atoms with Gasteiger partial charge >= 0.3 is 0 Å². The summed E-state index contributed by atoms with van der Waals surface area (Å²) in [5, 5.41) is 1.02. The van der Waals surface area contributed by atoms with E-state index in [9.17, 15) is 4.79 Å². The number of aryl methyl sites for hydroxylation is 2. The van der Waals surface area contributed by atoms with Gasteiger partial charge in [-0.15, -0.1) is 0 Å². The van der Waals surface area contributed by atoms with Gasteiger partial charge in [-0.1, -0.05) is 30.3 Å². The highest BCUT2D eigenvalue weighted by Crippen LogP contribution is 2.44. The summed E-state index contributed by atoms with van der Waals surface area (Å²) in [6.07, 6.45) is 3.91. The minimum atomic E-state index is -0.0919. The number of allylic oxidation sites excluding steroid dienone is 1. The highest BCUT2D eigenvalue weighted by atomic mass is 16.5. The van der Waals surface area contributed by atoms with E-state index in [1.165, 1.54) is 5.56 Å². The van der Waals surface area contributed by atoms with Crippen LogP contribution in [0.25, 0.3) is 17.0 Å². The lowest BCUT2D eigenvalue weighted by atomic mass is 9.98. The fraction of sp³-hybridized carbons (Fsp3) is 0.233. The van der Waals surface area contributed by atoms with Crippen LogP contribution in [0.1, 0.15) is 39.5 Å². The van der Waals surface area contributed by atoms with E-state index in [-0.39, 0.29) is 5.78 Å². The molecule has 36 heavy (non-hydrogen) atoms. The third kappa shape index (κ3) is 3.74. The van der Waals surface area contributed by atoms with Crippen molar-refractivity contribution in [2.75, 3.05) is 13.8 Å². The summed E-state index contributed by atoms with van der Waals surface area (Å²) in [6, 6.07) is 18.3. The summed E-state index contributed by atoms with van der Waals surface area (Å²) in [5.74, 6) is 2.43. The van der Waals surface area contributed by atoms with E-state index >= 15 is 0 Å². The number of aromatic nitrogens is 1. The number of carbonyl (C=O) groups is 1. The van der Waals surface area contributed by atoms with Crippen LogP contribution in [0.3, 0.4) is 0 Å². The Morgan fingerprint density at radius 3 is 2.72 bits per heavy atom. The van der Waals surface area contributed by atoms with Crippen LogP contribution in [0.4, 0.5) is 0 Å². The first-order valence-corrected chi connectivity index (χ1v) is 12.2. The highest BCUT2D eigenvalue weighted by molar-refractivity contribution is 6.16. The molecule has 0 fully saturated rings. The molecular weight excluding hydrogens is 452 g/mol. The molecule has 1 aromatic heterocycles. The molecule has 6 rings (SSSR count). The molecule has 0 atom stereocenters. The summed E-state index contributed by atoms with van der Waals surface area (Å²) in [7, 11) is 1.66. The second kappa shape index (κ2) is 8.88. The van der Waals surface area contributed by atoms with E-state index in [4.69, 9.17) is 14.2 Å². The molecule has 2 aliphatic rings. The Balaban J connectivity index is 1.37. The van der Waals surface area contributed by atoms with Gasteiger partial charge < -0.3 is 18.8 Å². The van der Waals surface area contributed by atoms with Crippen molar-refractivity contribution in [3.63, 3.8) is 0 Å². The summed E-state index contributed by atoms with van der Waals surface area (Å²) in [5.41, 5.74) is 5.65. The Morgan fingerprint density at radius 1 is 1.11 bits per heavy atom. The van der Waals surface area contributed by atoms with Crippen LogP contribution in [0, 0.1) is 6.92 Å². The first kappa shape index (κ1) is 22.4. The molecule has 0 saturated heterocycles. The zero-order valence-electron chi connectivity index (χ0n) is 20.7. The first-order valence-electron chi connectivity index (χ1n) is 12.2. The monoisotopic (exact) mass is 480 g/mol. The Labute approximate surface area is 210 Å². The second-order valence-electron chi connectivity index (χ2n) is 9.31. The number of benzene rings is 3. The standard InChI is InChI=1S/C30H28N2O4/c1-4-32-16-21(23-14-22(34-3)10-11-25(23)32)13-27-29(33)28-19(2)12-26-24(30(28)36-27)17-31(18-35-26)15-20-8-6-5-7-9-20/h5-14,16H,4,15,17-18H2,1-3H3/b27-13-. The van der Waals surface area contributed by atoms with Crippen LogP contribution in [0.5, 0.6) is 17.2 Å². The lowest BCUT2D eigenvalue weighted by Gasteiger charge is -2.30. The van der Waals surface area contributed by atoms with Crippen molar-refractivity contribution >= 4 is 22.8 Å². The first-order chi connectivity index (χ1) is 17.6. The minimum absolute atomic E-state index is 0.0919. The molecular formula is C30H28N2O4. The van der Waals surface area contributed by atoms with Gasteiger partial charge in [0.25, 0.3) is 0 Å². The lowest BCUT2D eigenvalue weighted by Crippen LogP contribution is -2.31. The number of rotatable bonds is 5. The molecule has 0 radical (unpaired) electrons. The Morgan fingerprint density at radius 2 is 1.94 bits per heavy atom. The average molecular weight is 481 g/mol. The molecule has 0 aliphatic carbocycles. The normalized spacial score (nSPS) is 16.1. The predicted octanol–water partition coefficient (Wildman–Crippen LogP) is 5.95. The maximum Gasteiger partial charge on any atom is 0.232 e. The number of ether oxygens (including phenoxy) is 3. The molecule has 4 aromatic rings. The molecule has 6 heteroatoms. The van der Waals surface area contributed by atoms with Gasteiger partial charge in [0, 0.05) is 42.3 Å². The number of hydrogen-bond acceptors (Lipinski definition) is 5. The Kier molecular flexibility index (Phi) is 5.53. The zero-order valence-corrected chi connectivity index (χ0v) is 20.7. The number of hydrogen-bond donors (Lipinski definition) is 0. The van der Waals surface area contributed by atoms with Crippen molar-refractivity contribution in [3.05, 3.63) is 94.4 Å². The maximum absolute atomic E-state index is 13.5. The fourth-order valence-electron chi connectivity index (χ4n) is 5.17. The van der Waals surface area contributed by atoms with Crippen molar-refractivity contribution in [3.8, 4) is 17.2 Å². The van der Waals surface area contributed by atoms with E-state index in [2.05, 4.69) is 34.7 Å². The number of ketones is 1. The molecule has 0 spiro atoms.